The second-order valence-corrected chi connectivity index (χ2v) is 22.4. The van der Waals surface area contributed by atoms with Crippen molar-refractivity contribution in [1.29, 1.82) is 0 Å². The third-order valence-corrected chi connectivity index (χ3v) is 15.2. The van der Waals surface area contributed by atoms with Crippen LogP contribution in [-0.4, -0.2) is 172 Å². The zero-order valence-corrected chi connectivity index (χ0v) is 52.6. The molecule has 83 heavy (non-hydrogen) atoms. The van der Waals surface area contributed by atoms with Gasteiger partial charge in [0.2, 0.25) is 29.5 Å². The Bertz CT molecular complexity index is 1770. The van der Waals surface area contributed by atoms with Gasteiger partial charge in [0.1, 0.15) is 42.4 Å². The van der Waals surface area contributed by atoms with Crippen molar-refractivity contribution in [3.63, 3.8) is 0 Å². The highest BCUT2D eigenvalue weighted by molar-refractivity contribution is 5.85. The fourth-order valence-electron chi connectivity index (χ4n) is 9.16. The SMILES string of the molecule is CC(=O)C(C)CCC(=O)N1CCN(C(=O)CCC(C)C(C)=O)CC1.CCCCCCCCCCCCCCCCCC(=O)NC(CCC(=O)CCCOCCOCC(=O)NCCOCCOCC(=O)NCCCC[C@H](CC)C(C)=O)C(=O)O. The molecule has 1 aliphatic rings. The first-order valence-electron chi connectivity index (χ1n) is 31.8. The van der Waals surface area contributed by atoms with Gasteiger partial charge < -0.3 is 49.8 Å². The van der Waals surface area contributed by atoms with Gasteiger partial charge in [-0.2, -0.15) is 0 Å². The number of rotatable bonds is 53. The summed E-state index contributed by atoms with van der Waals surface area (Å²) in [4.78, 5) is 122. The number of amides is 5. The summed E-state index contributed by atoms with van der Waals surface area (Å²) in [7, 11) is 0. The maximum absolute atomic E-state index is 12.3. The molecule has 3 unspecified atom stereocenters. The van der Waals surface area contributed by atoms with Gasteiger partial charge in [0, 0.05) is 95.7 Å². The minimum absolute atomic E-state index is 0.0546. The van der Waals surface area contributed by atoms with E-state index < -0.39 is 12.0 Å². The summed E-state index contributed by atoms with van der Waals surface area (Å²) in [5.41, 5.74) is 0. The van der Waals surface area contributed by atoms with E-state index in [0.29, 0.717) is 84.4 Å². The van der Waals surface area contributed by atoms with Crippen molar-refractivity contribution in [2.75, 3.05) is 92.1 Å². The first-order chi connectivity index (χ1) is 39.8. The van der Waals surface area contributed by atoms with Crippen LogP contribution in [0.5, 0.6) is 0 Å². The second-order valence-electron chi connectivity index (χ2n) is 22.4. The van der Waals surface area contributed by atoms with E-state index in [1.165, 1.54) is 77.0 Å². The van der Waals surface area contributed by atoms with Gasteiger partial charge in [-0.15, -0.1) is 0 Å². The number of nitrogens with one attached hydrogen (secondary N) is 3. The van der Waals surface area contributed by atoms with Crippen molar-refractivity contribution >= 4 is 58.6 Å². The van der Waals surface area contributed by atoms with Gasteiger partial charge >= 0.3 is 5.97 Å². The third kappa shape index (κ3) is 46.3. The molecule has 4 N–H and O–H groups in total. The third-order valence-electron chi connectivity index (χ3n) is 15.2. The van der Waals surface area contributed by atoms with Crippen LogP contribution in [0.4, 0.5) is 0 Å². The lowest BCUT2D eigenvalue weighted by Gasteiger charge is -2.35. The average molecular weight is 1180 g/mol. The summed E-state index contributed by atoms with van der Waals surface area (Å²) < 4.78 is 21.5. The van der Waals surface area contributed by atoms with E-state index in [-0.39, 0.29) is 136 Å². The maximum atomic E-state index is 12.3. The number of carboxylic acids is 1. The molecule has 0 aromatic heterocycles. The molecule has 0 aromatic carbocycles. The number of ether oxygens (including phenoxy) is 4. The van der Waals surface area contributed by atoms with Crippen molar-refractivity contribution in [3.8, 4) is 0 Å². The normalized spacial score (nSPS) is 13.7. The Kier molecular flexibility index (Phi) is 49.9. The molecule has 1 heterocycles. The van der Waals surface area contributed by atoms with Gasteiger partial charge in [-0.1, -0.05) is 124 Å². The number of hydrogen-bond acceptors (Lipinski definition) is 14. The van der Waals surface area contributed by atoms with Gasteiger partial charge in [0.25, 0.3) is 0 Å². The van der Waals surface area contributed by atoms with Crippen LogP contribution >= 0.6 is 0 Å². The van der Waals surface area contributed by atoms with Crippen LogP contribution < -0.4 is 16.0 Å². The minimum Gasteiger partial charge on any atom is -0.480 e. The quantitative estimate of drug-likeness (QED) is 0.0415. The maximum Gasteiger partial charge on any atom is 0.326 e. The first kappa shape index (κ1) is 78.3. The molecule has 1 fully saturated rings. The molecule has 20 nitrogen and oxygen atoms in total. The number of carbonyl (C=O) groups is 10. The molecular formula is C63H113N5O15. The first-order valence-corrected chi connectivity index (χ1v) is 31.8. The molecule has 0 aromatic rings. The van der Waals surface area contributed by atoms with Crippen molar-refractivity contribution in [1.82, 2.24) is 25.8 Å². The predicted molar refractivity (Wildman–Crippen MR) is 322 cm³/mol. The minimum atomic E-state index is -1.13. The molecule has 5 amide bonds. The van der Waals surface area contributed by atoms with Gasteiger partial charge in [-0.05, 0) is 72.1 Å². The molecular weight excluding hydrogens is 1070 g/mol. The summed E-state index contributed by atoms with van der Waals surface area (Å²) >= 11 is 0. The molecule has 0 spiro atoms. The van der Waals surface area contributed by atoms with Crippen LogP contribution in [0.2, 0.25) is 0 Å². The molecule has 0 bridgehead atoms. The van der Waals surface area contributed by atoms with Gasteiger partial charge in [-0.25, -0.2) is 4.79 Å². The van der Waals surface area contributed by atoms with Gasteiger partial charge in [-0.3, -0.25) is 43.2 Å². The number of nitrogens with zero attached hydrogens (tertiary/aromatic N) is 2. The number of hydrogen-bond donors (Lipinski definition) is 4. The van der Waals surface area contributed by atoms with Crippen molar-refractivity contribution in [2.24, 2.45) is 17.8 Å². The summed E-state index contributed by atoms with van der Waals surface area (Å²) in [6, 6.07) is -1.08. The predicted octanol–water partition coefficient (Wildman–Crippen LogP) is 8.70. The van der Waals surface area contributed by atoms with Crippen LogP contribution in [0.3, 0.4) is 0 Å². The molecule has 0 radical (unpaired) electrons. The summed E-state index contributed by atoms with van der Waals surface area (Å²) in [6.07, 6.45) is 25.1. The van der Waals surface area contributed by atoms with E-state index in [9.17, 15) is 53.1 Å². The number of carboxylic acid groups (broad SMARTS) is 1. The van der Waals surface area contributed by atoms with E-state index >= 15 is 0 Å². The highest BCUT2D eigenvalue weighted by Gasteiger charge is 2.25. The zero-order valence-electron chi connectivity index (χ0n) is 52.6. The van der Waals surface area contributed by atoms with Crippen LogP contribution in [0.1, 0.15) is 228 Å². The van der Waals surface area contributed by atoms with E-state index in [0.717, 1.165) is 44.9 Å². The standard InChI is InChI=1S/C45H83N3O11.C18H30N2O4/c1-4-6-7-8-9-10-11-12-13-14-15-16-17-18-19-25-42(51)48-41(45(54)55)27-26-40(50)24-22-30-56-32-34-58-37-44(53)47-29-31-57-33-35-59-36-43(52)46-28-21-20-23-39(5-2)38(3)49;1-13(15(3)21)5-7-17(23)19-9-11-20(12-10-19)18(24)8-6-14(2)16(4)22/h39,41H,4-37H2,1-3H3,(H,46,52)(H,47,53)(H,48,51)(H,54,55);13-14H,5-12H2,1-4H3/t39-,41?;/m0./s1. The fourth-order valence-corrected chi connectivity index (χ4v) is 9.16. The van der Waals surface area contributed by atoms with E-state index in [1.807, 2.05) is 20.8 Å². The van der Waals surface area contributed by atoms with Gasteiger partial charge in [0.15, 0.2) is 0 Å². The summed E-state index contributed by atoms with van der Waals surface area (Å²) in [6.45, 7) is 17.1. The average Bonchev–Trinajstić information content (AvgIpc) is 3.51. The fraction of sp³-hybridized carbons (Fsp3) is 0.841. The highest BCUT2D eigenvalue weighted by atomic mass is 16.5. The largest absolute Gasteiger partial charge is 0.480 e. The molecule has 20 heteroatoms. The molecule has 0 aliphatic carbocycles. The van der Waals surface area contributed by atoms with Crippen LogP contribution in [0.15, 0.2) is 0 Å². The van der Waals surface area contributed by atoms with E-state index in [1.54, 1.807) is 30.6 Å². The number of carbonyl (C=O) groups excluding carboxylic acids is 9. The lowest BCUT2D eigenvalue weighted by molar-refractivity contribution is -0.142. The number of piperazine rings is 1. The Morgan fingerprint density at radius 1 is 0.434 bits per heavy atom. The number of ketones is 4. The Hall–Kier alpha value is -4.66. The lowest BCUT2D eigenvalue weighted by Crippen LogP contribution is -2.50. The molecule has 0 saturated carbocycles. The molecule has 4 atom stereocenters. The highest BCUT2D eigenvalue weighted by Crippen LogP contribution is 2.17. The van der Waals surface area contributed by atoms with Crippen LogP contribution in [0, 0.1) is 17.8 Å². The van der Waals surface area contributed by atoms with Crippen molar-refractivity contribution in [3.05, 3.63) is 0 Å². The monoisotopic (exact) mass is 1180 g/mol. The van der Waals surface area contributed by atoms with Crippen LogP contribution in [-0.2, 0) is 66.9 Å². The summed E-state index contributed by atoms with van der Waals surface area (Å²) in [5.74, 6) is -1.50. The van der Waals surface area contributed by atoms with Crippen molar-refractivity contribution in [2.45, 2.75) is 234 Å². The lowest BCUT2D eigenvalue weighted by atomic mass is 9.95. The molecule has 480 valence electrons. The number of unbranched alkanes of at least 4 members (excludes halogenated alkanes) is 15. The van der Waals surface area contributed by atoms with Crippen molar-refractivity contribution < 1.29 is 72.0 Å². The summed E-state index contributed by atoms with van der Waals surface area (Å²) in [5, 5.41) is 17.6. The van der Waals surface area contributed by atoms with E-state index in [2.05, 4.69) is 22.9 Å². The zero-order chi connectivity index (χ0) is 61.9. The number of Topliss-reactive ketones (excluding diaryl/α,β-unsaturated/α-hetero) is 4. The Balaban J connectivity index is 0.00000232. The Morgan fingerprint density at radius 2 is 0.880 bits per heavy atom. The van der Waals surface area contributed by atoms with Gasteiger partial charge in [0.05, 0.1) is 33.0 Å². The smallest absolute Gasteiger partial charge is 0.326 e. The van der Waals surface area contributed by atoms with Crippen LogP contribution in [0.25, 0.3) is 0 Å². The number of aliphatic carboxylic acids is 1. The molecule has 1 aliphatic heterocycles. The van der Waals surface area contributed by atoms with E-state index in [4.69, 9.17) is 18.9 Å². The molecule has 1 saturated heterocycles. The molecule has 1 rings (SSSR count). The topological polar surface area (TPSA) is 270 Å². The Morgan fingerprint density at radius 3 is 1.33 bits per heavy atom. The second kappa shape index (κ2) is 52.9. The Labute approximate surface area is 498 Å².